The molecule has 0 spiro atoms. The molecule has 1 N–H and O–H groups in total. The van der Waals surface area contributed by atoms with Crippen LogP contribution in [-0.2, 0) is 4.79 Å². The van der Waals surface area contributed by atoms with Gasteiger partial charge in [-0.1, -0.05) is 18.7 Å². The van der Waals surface area contributed by atoms with E-state index in [0.717, 1.165) is 32.4 Å². The molecule has 20 heavy (non-hydrogen) atoms. The molecule has 0 aromatic carbocycles. The van der Waals surface area contributed by atoms with Crippen LogP contribution in [0.4, 0.5) is 0 Å². The molecule has 6 nitrogen and oxygen atoms in total. The quantitative estimate of drug-likeness (QED) is 0.849. The lowest BCUT2D eigenvalue weighted by atomic mass is 10.0. The fourth-order valence-corrected chi connectivity index (χ4v) is 3.60. The van der Waals surface area contributed by atoms with Crippen LogP contribution in [-0.4, -0.2) is 44.4 Å². The number of nitrogens with one attached hydrogen (secondary N) is 1. The third-order valence-corrected chi connectivity index (χ3v) is 4.86. The maximum Gasteiger partial charge on any atom is 0.344 e. The zero-order valence-corrected chi connectivity index (χ0v) is 12.5. The molecule has 7 heteroatoms. The average Bonchev–Trinajstić information content (AvgIpc) is 3.20. The number of H-pyrrole nitrogens is 1. The van der Waals surface area contributed by atoms with Crippen LogP contribution in [0.5, 0.6) is 0 Å². The van der Waals surface area contributed by atoms with Crippen molar-refractivity contribution in [2.24, 2.45) is 5.92 Å². The number of hydrogen-bond acceptors (Lipinski definition) is 4. The van der Waals surface area contributed by atoms with Gasteiger partial charge in [-0.15, -0.1) is 5.10 Å². The first kappa shape index (κ1) is 13.7. The first-order valence-corrected chi connectivity index (χ1v) is 8.21. The van der Waals surface area contributed by atoms with Crippen molar-refractivity contribution in [2.75, 3.05) is 18.8 Å². The number of carbonyl (C=O) groups is 1. The molecule has 1 aliphatic heterocycles. The minimum absolute atomic E-state index is 0.152. The average molecular weight is 296 g/mol. The molecule has 3 rings (SSSR count). The van der Waals surface area contributed by atoms with E-state index < -0.39 is 0 Å². The highest BCUT2D eigenvalue weighted by atomic mass is 32.2. The molecule has 0 bridgehead atoms. The van der Waals surface area contributed by atoms with Gasteiger partial charge in [0.2, 0.25) is 5.91 Å². The molecular formula is C13H20N4O2S. The number of piperidine rings is 1. The van der Waals surface area contributed by atoms with Gasteiger partial charge >= 0.3 is 5.69 Å². The summed E-state index contributed by atoms with van der Waals surface area (Å²) in [6.45, 7) is 3.90. The Morgan fingerprint density at radius 3 is 2.95 bits per heavy atom. The first-order valence-electron chi connectivity index (χ1n) is 7.22. The molecule has 2 fully saturated rings. The zero-order valence-electron chi connectivity index (χ0n) is 11.7. The van der Waals surface area contributed by atoms with E-state index in [1.54, 1.807) is 4.57 Å². The van der Waals surface area contributed by atoms with Crippen molar-refractivity contribution in [3.8, 4) is 0 Å². The topological polar surface area (TPSA) is 71.0 Å². The molecule has 2 heterocycles. The Morgan fingerprint density at radius 2 is 2.25 bits per heavy atom. The lowest BCUT2D eigenvalue weighted by Crippen LogP contribution is -2.40. The van der Waals surface area contributed by atoms with E-state index in [9.17, 15) is 9.59 Å². The number of nitrogens with zero attached hydrogens (tertiary/aromatic N) is 3. The number of likely N-dealkylation sites (tertiary alicyclic amines) is 1. The number of hydrogen-bond donors (Lipinski definition) is 1. The van der Waals surface area contributed by atoms with Gasteiger partial charge < -0.3 is 4.90 Å². The molecule has 110 valence electrons. The van der Waals surface area contributed by atoms with E-state index in [1.165, 1.54) is 18.2 Å². The first-order chi connectivity index (χ1) is 9.65. The largest absolute Gasteiger partial charge is 0.344 e. The highest BCUT2D eigenvalue weighted by Gasteiger charge is 2.29. The van der Waals surface area contributed by atoms with Crippen LogP contribution < -0.4 is 5.69 Å². The Bertz CT molecular complexity index is 549. The van der Waals surface area contributed by atoms with Crippen molar-refractivity contribution in [1.82, 2.24) is 19.7 Å². The molecule has 0 radical (unpaired) electrons. The summed E-state index contributed by atoms with van der Waals surface area (Å²) in [5.41, 5.74) is -0.158. The monoisotopic (exact) mass is 296 g/mol. The van der Waals surface area contributed by atoms with Crippen molar-refractivity contribution < 1.29 is 4.79 Å². The van der Waals surface area contributed by atoms with Crippen LogP contribution in [0.3, 0.4) is 0 Å². The maximum absolute atomic E-state index is 12.2. The van der Waals surface area contributed by atoms with E-state index in [-0.39, 0.29) is 17.6 Å². The predicted molar refractivity (Wildman–Crippen MR) is 76.8 cm³/mol. The van der Waals surface area contributed by atoms with E-state index in [2.05, 4.69) is 17.1 Å². The summed E-state index contributed by atoms with van der Waals surface area (Å²) in [4.78, 5) is 25.8. The van der Waals surface area contributed by atoms with Crippen LogP contribution in [0.1, 0.15) is 38.6 Å². The Balaban J connectivity index is 1.59. The second-order valence-corrected chi connectivity index (χ2v) is 6.73. The minimum atomic E-state index is -0.158. The Labute approximate surface area is 121 Å². The second-order valence-electron chi connectivity index (χ2n) is 5.79. The number of amides is 1. The van der Waals surface area contributed by atoms with Gasteiger partial charge in [-0.05, 0) is 31.6 Å². The van der Waals surface area contributed by atoms with E-state index in [4.69, 9.17) is 0 Å². The Kier molecular flexibility index (Phi) is 3.87. The van der Waals surface area contributed by atoms with Crippen molar-refractivity contribution in [3.63, 3.8) is 0 Å². The third-order valence-electron chi connectivity index (χ3n) is 3.92. The molecule has 0 unspecified atom stereocenters. The summed E-state index contributed by atoms with van der Waals surface area (Å²) in [6, 6.07) is 0.286. The van der Waals surface area contributed by atoms with Crippen LogP contribution in [0, 0.1) is 5.92 Å². The standard InChI is InChI=1S/C13H20N4O2S/c1-9-3-2-6-16(7-9)11(18)8-20-13-15-14-12(19)17(13)10-4-5-10/h9-10H,2-8H2,1H3,(H,14,19)/t9-/m0/s1. The van der Waals surface area contributed by atoms with Gasteiger partial charge in [0.25, 0.3) is 0 Å². The molecule has 1 saturated carbocycles. The molecule has 1 aromatic rings. The smallest absolute Gasteiger partial charge is 0.342 e. The lowest BCUT2D eigenvalue weighted by molar-refractivity contribution is -0.130. The van der Waals surface area contributed by atoms with Gasteiger partial charge in [0, 0.05) is 19.1 Å². The molecule has 1 saturated heterocycles. The van der Waals surface area contributed by atoms with E-state index in [0.29, 0.717) is 16.8 Å². The minimum Gasteiger partial charge on any atom is -0.342 e. The van der Waals surface area contributed by atoms with Crippen molar-refractivity contribution in [3.05, 3.63) is 10.5 Å². The van der Waals surface area contributed by atoms with Gasteiger partial charge in [0.15, 0.2) is 5.16 Å². The van der Waals surface area contributed by atoms with Gasteiger partial charge in [-0.3, -0.25) is 9.36 Å². The number of thioether (sulfide) groups is 1. The summed E-state index contributed by atoms with van der Waals surface area (Å²) in [5.74, 6) is 1.11. The second kappa shape index (κ2) is 5.63. The van der Waals surface area contributed by atoms with Crippen molar-refractivity contribution in [1.29, 1.82) is 0 Å². The summed E-state index contributed by atoms with van der Waals surface area (Å²) in [7, 11) is 0. The molecule has 2 aliphatic rings. The molecule has 1 amide bonds. The molecule has 1 atom stereocenters. The van der Waals surface area contributed by atoms with Crippen LogP contribution in [0.25, 0.3) is 0 Å². The van der Waals surface area contributed by atoms with Crippen LogP contribution in [0.2, 0.25) is 0 Å². The molecule has 1 aromatic heterocycles. The zero-order chi connectivity index (χ0) is 14.1. The fraction of sp³-hybridized carbons (Fsp3) is 0.769. The summed E-state index contributed by atoms with van der Waals surface area (Å²) >= 11 is 1.37. The SMILES string of the molecule is C[C@H]1CCCN(C(=O)CSc2n[nH]c(=O)n2C2CC2)C1. The number of carbonyl (C=O) groups excluding carboxylic acids is 1. The number of aromatic amines is 1. The van der Waals surface area contributed by atoms with Crippen LogP contribution >= 0.6 is 11.8 Å². The van der Waals surface area contributed by atoms with Crippen molar-refractivity contribution in [2.45, 2.75) is 43.8 Å². The van der Waals surface area contributed by atoms with E-state index in [1.807, 2.05) is 4.90 Å². The highest BCUT2D eigenvalue weighted by Crippen LogP contribution is 2.36. The van der Waals surface area contributed by atoms with Gasteiger partial charge in [-0.25, -0.2) is 9.89 Å². The highest BCUT2D eigenvalue weighted by molar-refractivity contribution is 7.99. The molecule has 1 aliphatic carbocycles. The third kappa shape index (κ3) is 2.92. The van der Waals surface area contributed by atoms with Crippen molar-refractivity contribution >= 4 is 17.7 Å². The number of rotatable bonds is 4. The number of aromatic nitrogens is 3. The summed E-state index contributed by atoms with van der Waals surface area (Å²) in [5, 5.41) is 7.16. The normalized spacial score (nSPS) is 23.1. The predicted octanol–water partition coefficient (Wildman–Crippen LogP) is 1.26. The van der Waals surface area contributed by atoms with Gasteiger partial charge in [-0.2, -0.15) is 0 Å². The lowest BCUT2D eigenvalue weighted by Gasteiger charge is -2.30. The van der Waals surface area contributed by atoms with Gasteiger partial charge in [0.1, 0.15) is 0 Å². The Morgan fingerprint density at radius 1 is 1.45 bits per heavy atom. The molecular weight excluding hydrogens is 276 g/mol. The Hall–Kier alpha value is -1.24. The fourth-order valence-electron chi connectivity index (χ4n) is 2.68. The summed E-state index contributed by atoms with van der Waals surface area (Å²) < 4.78 is 1.69. The van der Waals surface area contributed by atoms with E-state index >= 15 is 0 Å². The van der Waals surface area contributed by atoms with Gasteiger partial charge in [0.05, 0.1) is 5.75 Å². The van der Waals surface area contributed by atoms with Crippen LogP contribution in [0.15, 0.2) is 9.95 Å². The maximum atomic E-state index is 12.2. The summed E-state index contributed by atoms with van der Waals surface area (Å²) in [6.07, 6.45) is 4.36.